The van der Waals surface area contributed by atoms with E-state index >= 15 is 0 Å². The predicted octanol–water partition coefficient (Wildman–Crippen LogP) is 0.818. The number of hydrogen-bond donors (Lipinski definition) is 0. The fourth-order valence-corrected chi connectivity index (χ4v) is 0.332. The Morgan fingerprint density at radius 3 is 2.60 bits per heavy atom. The highest BCUT2D eigenvalue weighted by atomic mass is 16.6. The summed E-state index contributed by atoms with van der Waals surface area (Å²) in [4.78, 5) is 19.9. The molecule has 0 rings (SSSR count). The number of ether oxygens (including phenoxy) is 1. The van der Waals surface area contributed by atoms with Crippen LogP contribution in [0.15, 0.2) is 24.3 Å². The summed E-state index contributed by atoms with van der Waals surface area (Å²) >= 11 is 0. The van der Waals surface area contributed by atoms with Crippen molar-refractivity contribution >= 4 is 12.4 Å². The summed E-state index contributed by atoms with van der Waals surface area (Å²) in [6, 6.07) is 0. The van der Waals surface area contributed by atoms with E-state index in [4.69, 9.17) is 0 Å². The lowest BCUT2D eigenvalue weighted by atomic mass is 10.4. The van der Waals surface area contributed by atoms with Gasteiger partial charge in [-0.3, -0.25) is 4.79 Å². The number of esters is 1. The third kappa shape index (κ3) is 4.77. The first-order valence-corrected chi connectivity index (χ1v) is 2.75. The summed E-state index contributed by atoms with van der Waals surface area (Å²) in [5.74, 6) is -0.659. The number of carbonyl (C=O) groups is 2. The molecular weight excluding hydrogens is 132 g/mol. The van der Waals surface area contributed by atoms with Crippen LogP contribution in [-0.2, 0) is 14.3 Å². The van der Waals surface area contributed by atoms with Gasteiger partial charge in [-0.1, -0.05) is 18.2 Å². The van der Waals surface area contributed by atoms with Crippen LogP contribution in [0, 0.1) is 0 Å². The molecule has 0 bridgehead atoms. The van der Waals surface area contributed by atoms with Gasteiger partial charge in [0.15, 0.2) is 0 Å². The third-order valence-corrected chi connectivity index (χ3v) is 0.700. The fourth-order valence-electron chi connectivity index (χ4n) is 0.332. The van der Waals surface area contributed by atoms with Crippen molar-refractivity contribution in [3.05, 3.63) is 24.3 Å². The van der Waals surface area contributed by atoms with Crippen molar-refractivity contribution in [2.75, 3.05) is 0 Å². The molecule has 0 spiro atoms. The van der Waals surface area contributed by atoms with E-state index in [0.29, 0.717) is 0 Å². The van der Waals surface area contributed by atoms with Gasteiger partial charge in [0.05, 0.1) is 0 Å². The zero-order chi connectivity index (χ0) is 7.82. The van der Waals surface area contributed by atoms with Gasteiger partial charge in [0, 0.05) is 6.08 Å². The zero-order valence-electron chi connectivity index (χ0n) is 5.61. The first kappa shape index (κ1) is 8.62. The van der Waals surface area contributed by atoms with Gasteiger partial charge in [-0.05, 0) is 6.92 Å². The van der Waals surface area contributed by atoms with Crippen molar-refractivity contribution in [3.8, 4) is 0 Å². The summed E-state index contributed by atoms with van der Waals surface area (Å²) in [5, 5.41) is 0. The van der Waals surface area contributed by atoms with Crippen LogP contribution < -0.4 is 0 Å². The van der Waals surface area contributed by atoms with E-state index in [1.165, 1.54) is 6.08 Å². The topological polar surface area (TPSA) is 43.4 Å². The molecule has 0 heterocycles. The van der Waals surface area contributed by atoms with Gasteiger partial charge in [0.25, 0.3) is 0 Å². The van der Waals surface area contributed by atoms with E-state index in [2.05, 4.69) is 4.74 Å². The highest BCUT2D eigenvalue weighted by molar-refractivity contribution is 5.86. The van der Waals surface area contributed by atoms with Gasteiger partial charge in [0.2, 0.25) is 0 Å². The number of allylic oxidation sites excluding steroid dienone is 3. The third-order valence-electron chi connectivity index (χ3n) is 0.700. The molecular formula is C7H8O3. The van der Waals surface area contributed by atoms with Crippen LogP contribution in [0.2, 0.25) is 0 Å². The summed E-state index contributed by atoms with van der Waals surface area (Å²) in [5.41, 5.74) is 0. The SMILES string of the molecule is C/C=C/C=C/C(=O)OC=O. The Morgan fingerprint density at radius 1 is 1.40 bits per heavy atom. The van der Waals surface area contributed by atoms with Crippen LogP contribution in [0.1, 0.15) is 6.92 Å². The molecule has 54 valence electrons. The Labute approximate surface area is 59.0 Å². The van der Waals surface area contributed by atoms with Gasteiger partial charge in [-0.15, -0.1) is 0 Å². The van der Waals surface area contributed by atoms with E-state index < -0.39 is 5.97 Å². The van der Waals surface area contributed by atoms with Crippen molar-refractivity contribution in [2.45, 2.75) is 6.92 Å². The molecule has 10 heavy (non-hydrogen) atoms. The van der Waals surface area contributed by atoms with Gasteiger partial charge >= 0.3 is 12.4 Å². The van der Waals surface area contributed by atoms with E-state index in [-0.39, 0.29) is 6.47 Å². The lowest BCUT2D eigenvalue weighted by molar-refractivity contribution is -0.147. The van der Waals surface area contributed by atoms with Gasteiger partial charge in [-0.2, -0.15) is 0 Å². The lowest BCUT2D eigenvalue weighted by Crippen LogP contribution is -1.96. The summed E-state index contributed by atoms with van der Waals surface area (Å²) < 4.78 is 3.95. The van der Waals surface area contributed by atoms with Crippen molar-refractivity contribution in [3.63, 3.8) is 0 Å². The molecule has 0 N–H and O–H groups in total. The van der Waals surface area contributed by atoms with E-state index in [9.17, 15) is 9.59 Å². The lowest BCUT2D eigenvalue weighted by Gasteiger charge is -1.83. The number of hydrogen-bond acceptors (Lipinski definition) is 3. The summed E-state index contributed by atoms with van der Waals surface area (Å²) in [6.45, 7) is 1.91. The molecule has 0 atom stereocenters. The largest absolute Gasteiger partial charge is 0.392 e. The molecule has 0 saturated carbocycles. The zero-order valence-corrected chi connectivity index (χ0v) is 5.61. The van der Waals surface area contributed by atoms with Crippen molar-refractivity contribution < 1.29 is 14.3 Å². The smallest absolute Gasteiger partial charge is 0.338 e. The number of carbonyl (C=O) groups excluding carboxylic acids is 2. The highest BCUT2D eigenvalue weighted by Gasteiger charge is 1.89. The molecule has 0 unspecified atom stereocenters. The molecule has 0 aliphatic heterocycles. The maximum atomic E-state index is 10.3. The second-order valence-corrected chi connectivity index (χ2v) is 1.42. The van der Waals surface area contributed by atoms with Crippen LogP contribution in [0.3, 0.4) is 0 Å². The van der Waals surface area contributed by atoms with E-state index in [1.807, 2.05) is 6.92 Å². The molecule has 0 radical (unpaired) electrons. The highest BCUT2D eigenvalue weighted by Crippen LogP contribution is 1.79. The van der Waals surface area contributed by atoms with Gasteiger partial charge in [0.1, 0.15) is 0 Å². The number of rotatable bonds is 3. The second-order valence-electron chi connectivity index (χ2n) is 1.42. The van der Waals surface area contributed by atoms with Gasteiger partial charge in [-0.25, -0.2) is 4.79 Å². The monoisotopic (exact) mass is 140 g/mol. The first-order chi connectivity index (χ1) is 4.81. The minimum absolute atomic E-state index is 0.0995. The molecule has 0 aromatic rings. The van der Waals surface area contributed by atoms with Crippen LogP contribution in [-0.4, -0.2) is 12.4 Å². The molecule has 0 aliphatic carbocycles. The van der Waals surface area contributed by atoms with Crippen LogP contribution >= 0.6 is 0 Å². The Hall–Kier alpha value is -1.38. The molecule has 3 heteroatoms. The quantitative estimate of drug-likeness (QED) is 0.191. The molecule has 3 nitrogen and oxygen atoms in total. The summed E-state index contributed by atoms with van der Waals surface area (Å²) in [6.07, 6.45) is 6.07. The minimum Gasteiger partial charge on any atom is -0.392 e. The Morgan fingerprint density at radius 2 is 2.10 bits per heavy atom. The molecule has 0 fully saturated rings. The van der Waals surface area contributed by atoms with E-state index in [1.54, 1.807) is 12.2 Å². The van der Waals surface area contributed by atoms with Crippen LogP contribution in [0.4, 0.5) is 0 Å². The molecule has 0 aromatic carbocycles. The van der Waals surface area contributed by atoms with Crippen LogP contribution in [0.25, 0.3) is 0 Å². The Bertz CT molecular complexity index is 168. The maximum Gasteiger partial charge on any atom is 0.338 e. The average Bonchev–Trinajstić information content (AvgIpc) is 1.89. The minimum atomic E-state index is -0.659. The van der Waals surface area contributed by atoms with Crippen molar-refractivity contribution in [2.24, 2.45) is 0 Å². The van der Waals surface area contributed by atoms with Crippen LogP contribution in [0.5, 0.6) is 0 Å². The van der Waals surface area contributed by atoms with Crippen molar-refractivity contribution in [1.29, 1.82) is 0 Å². The maximum absolute atomic E-state index is 10.3. The Kier molecular flexibility index (Phi) is 4.96. The Balaban J connectivity index is 3.66. The van der Waals surface area contributed by atoms with E-state index in [0.717, 1.165) is 6.08 Å². The average molecular weight is 140 g/mol. The molecule has 0 aromatic heterocycles. The molecule has 0 saturated heterocycles. The normalized spacial score (nSPS) is 10.5. The fraction of sp³-hybridized carbons (Fsp3) is 0.143. The van der Waals surface area contributed by atoms with Crippen molar-refractivity contribution in [1.82, 2.24) is 0 Å². The first-order valence-electron chi connectivity index (χ1n) is 2.75. The predicted molar refractivity (Wildman–Crippen MR) is 36.1 cm³/mol. The van der Waals surface area contributed by atoms with Gasteiger partial charge < -0.3 is 4.74 Å². The second kappa shape index (κ2) is 5.75. The molecule has 0 amide bonds. The summed E-state index contributed by atoms with van der Waals surface area (Å²) in [7, 11) is 0. The standard InChI is InChI=1S/C7H8O3/c1-2-3-4-5-7(9)10-6-8/h2-6H,1H3/b3-2+,5-4+. The molecule has 0 aliphatic rings.